The number of allylic oxidation sites excluding steroid dienone is 6. The maximum Gasteiger partial charge on any atom is 0.101 e. The predicted molar refractivity (Wildman–Crippen MR) is 50.6 cm³/mol. The number of hydrogen-bond acceptors (Lipinski definition) is 1. The minimum absolute atomic E-state index is 0.557. The summed E-state index contributed by atoms with van der Waals surface area (Å²) < 4.78 is 0. The maximum atomic E-state index is 8.78. The van der Waals surface area contributed by atoms with Gasteiger partial charge in [0.05, 0.1) is 10.6 Å². The Hall–Kier alpha value is -1.00. The van der Waals surface area contributed by atoms with Crippen LogP contribution in [0, 0.1) is 11.3 Å². The average molecular weight is 180 g/mol. The molecule has 0 atom stereocenters. The quantitative estimate of drug-likeness (QED) is 0.560. The molecule has 0 amide bonds. The lowest BCUT2D eigenvalue weighted by atomic mass is 10.1. The minimum Gasteiger partial charge on any atom is -0.192 e. The molecule has 1 rings (SSSR count). The van der Waals surface area contributed by atoms with E-state index in [0.717, 1.165) is 12.0 Å². The maximum absolute atomic E-state index is 8.78. The predicted octanol–water partition coefficient (Wildman–Crippen LogP) is 3.30. The van der Waals surface area contributed by atoms with Crippen LogP contribution >= 0.6 is 11.6 Å². The summed E-state index contributed by atoms with van der Waals surface area (Å²) in [6, 6.07) is 2.10. The second kappa shape index (κ2) is 3.60. The first-order chi connectivity index (χ1) is 5.65. The van der Waals surface area contributed by atoms with Crippen LogP contribution < -0.4 is 0 Å². The standard InChI is InChI=1S/C10H10ClN/c1-7-3-4-8(2)9(6-12)10(11)5-7/h4-5H,3H2,1-2H3. The van der Waals surface area contributed by atoms with Crippen LogP contribution in [-0.2, 0) is 0 Å². The van der Waals surface area contributed by atoms with Gasteiger partial charge in [-0.15, -0.1) is 0 Å². The Morgan fingerprint density at radius 3 is 2.75 bits per heavy atom. The van der Waals surface area contributed by atoms with Crippen molar-refractivity contribution in [2.45, 2.75) is 20.3 Å². The number of rotatable bonds is 0. The lowest BCUT2D eigenvalue weighted by Crippen LogP contribution is -1.82. The molecule has 1 nitrogen and oxygen atoms in total. The molecular formula is C10H10ClN. The fourth-order valence-corrected chi connectivity index (χ4v) is 1.47. The summed E-state index contributed by atoms with van der Waals surface area (Å²) in [5.41, 5.74) is 2.74. The zero-order valence-electron chi connectivity index (χ0n) is 7.19. The fourth-order valence-electron chi connectivity index (χ4n) is 1.09. The molecule has 0 N–H and O–H groups in total. The van der Waals surface area contributed by atoms with Gasteiger partial charge < -0.3 is 0 Å². The second-order valence-electron chi connectivity index (χ2n) is 2.92. The van der Waals surface area contributed by atoms with Crippen molar-refractivity contribution in [1.82, 2.24) is 0 Å². The molecule has 0 spiro atoms. The average Bonchev–Trinajstić information content (AvgIpc) is 2.12. The molecule has 12 heavy (non-hydrogen) atoms. The smallest absolute Gasteiger partial charge is 0.101 e. The van der Waals surface area contributed by atoms with Gasteiger partial charge in [-0.1, -0.05) is 23.3 Å². The molecule has 0 unspecified atom stereocenters. The third kappa shape index (κ3) is 1.78. The normalized spacial score (nSPS) is 17.8. The molecule has 0 aliphatic heterocycles. The summed E-state index contributed by atoms with van der Waals surface area (Å²) in [6.07, 6.45) is 4.76. The van der Waals surface area contributed by atoms with Crippen LogP contribution in [0.1, 0.15) is 20.3 Å². The molecule has 0 bridgehead atoms. The molecule has 0 saturated heterocycles. The summed E-state index contributed by atoms with van der Waals surface area (Å²) in [5.74, 6) is 0. The van der Waals surface area contributed by atoms with Gasteiger partial charge in [0.15, 0.2) is 0 Å². The van der Waals surface area contributed by atoms with Gasteiger partial charge in [-0.25, -0.2) is 0 Å². The van der Waals surface area contributed by atoms with Crippen molar-refractivity contribution in [2.75, 3.05) is 0 Å². The first kappa shape index (κ1) is 9.09. The van der Waals surface area contributed by atoms with Crippen LogP contribution in [0.15, 0.2) is 33.9 Å². The second-order valence-corrected chi connectivity index (χ2v) is 3.32. The highest BCUT2D eigenvalue weighted by Gasteiger charge is 2.07. The van der Waals surface area contributed by atoms with Crippen LogP contribution in [0.3, 0.4) is 0 Å². The molecule has 0 aromatic rings. The number of hydrogen-bond donors (Lipinski definition) is 0. The van der Waals surface area contributed by atoms with Gasteiger partial charge in [0.25, 0.3) is 0 Å². The van der Waals surface area contributed by atoms with Gasteiger partial charge in [-0.05, 0) is 31.9 Å². The molecule has 0 fully saturated rings. The van der Waals surface area contributed by atoms with Crippen molar-refractivity contribution < 1.29 is 0 Å². The summed E-state index contributed by atoms with van der Waals surface area (Å²) in [5, 5.41) is 9.34. The highest BCUT2D eigenvalue weighted by molar-refractivity contribution is 6.32. The van der Waals surface area contributed by atoms with Crippen LogP contribution in [0.5, 0.6) is 0 Å². The van der Waals surface area contributed by atoms with Gasteiger partial charge in [0.1, 0.15) is 6.07 Å². The van der Waals surface area contributed by atoms with E-state index in [1.54, 1.807) is 0 Å². The lowest BCUT2D eigenvalue weighted by molar-refractivity contribution is 1.20. The van der Waals surface area contributed by atoms with E-state index in [4.69, 9.17) is 16.9 Å². The summed E-state index contributed by atoms with van der Waals surface area (Å²) in [4.78, 5) is 0. The molecule has 0 aromatic heterocycles. The first-order valence-electron chi connectivity index (χ1n) is 3.79. The zero-order valence-corrected chi connectivity index (χ0v) is 7.94. The fraction of sp³-hybridized carbons (Fsp3) is 0.300. The van der Waals surface area contributed by atoms with E-state index in [1.807, 2.05) is 26.0 Å². The van der Waals surface area contributed by atoms with Crippen molar-refractivity contribution in [2.24, 2.45) is 0 Å². The van der Waals surface area contributed by atoms with Crippen LogP contribution in [0.25, 0.3) is 0 Å². The third-order valence-electron chi connectivity index (χ3n) is 1.85. The van der Waals surface area contributed by atoms with E-state index in [2.05, 4.69) is 6.07 Å². The molecule has 0 aromatic carbocycles. The van der Waals surface area contributed by atoms with Gasteiger partial charge in [0, 0.05) is 0 Å². The third-order valence-corrected chi connectivity index (χ3v) is 2.15. The minimum atomic E-state index is 0.557. The Balaban J connectivity index is 3.21. The van der Waals surface area contributed by atoms with E-state index >= 15 is 0 Å². The van der Waals surface area contributed by atoms with Gasteiger partial charge in [-0.3, -0.25) is 0 Å². The van der Waals surface area contributed by atoms with Crippen molar-refractivity contribution in [3.63, 3.8) is 0 Å². The molecule has 62 valence electrons. The van der Waals surface area contributed by atoms with Crippen LogP contribution in [0.4, 0.5) is 0 Å². The van der Waals surface area contributed by atoms with E-state index in [0.29, 0.717) is 10.6 Å². The number of nitrogens with zero attached hydrogens (tertiary/aromatic N) is 1. The van der Waals surface area contributed by atoms with Gasteiger partial charge in [0.2, 0.25) is 0 Å². The van der Waals surface area contributed by atoms with Crippen LogP contribution in [0.2, 0.25) is 0 Å². The molecule has 0 radical (unpaired) electrons. The Morgan fingerprint density at radius 1 is 1.50 bits per heavy atom. The van der Waals surface area contributed by atoms with E-state index in [1.165, 1.54) is 5.57 Å². The lowest BCUT2D eigenvalue weighted by Gasteiger charge is -1.95. The Labute approximate surface area is 77.6 Å². The number of halogens is 1. The molecule has 2 heteroatoms. The van der Waals surface area contributed by atoms with E-state index in [9.17, 15) is 0 Å². The van der Waals surface area contributed by atoms with Crippen molar-refractivity contribution in [1.29, 1.82) is 5.26 Å². The molecule has 0 heterocycles. The Bertz CT molecular complexity index is 326. The topological polar surface area (TPSA) is 23.8 Å². The SMILES string of the molecule is CC1=CC(Cl)=C(C#N)C(C)=CC1. The Morgan fingerprint density at radius 2 is 2.17 bits per heavy atom. The zero-order chi connectivity index (χ0) is 9.14. The van der Waals surface area contributed by atoms with Gasteiger partial charge in [-0.2, -0.15) is 5.26 Å². The largest absolute Gasteiger partial charge is 0.192 e. The number of nitriles is 1. The molecule has 0 saturated carbocycles. The Kier molecular flexibility index (Phi) is 2.73. The van der Waals surface area contributed by atoms with E-state index in [-0.39, 0.29) is 0 Å². The van der Waals surface area contributed by atoms with Crippen LogP contribution in [-0.4, -0.2) is 0 Å². The van der Waals surface area contributed by atoms with Gasteiger partial charge >= 0.3 is 0 Å². The van der Waals surface area contributed by atoms with E-state index < -0.39 is 0 Å². The summed E-state index contributed by atoms with van der Waals surface area (Å²) in [6.45, 7) is 3.92. The monoisotopic (exact) mass is 179 g/mol. The summed E-state index contributed by atoms with van der Waals surface area (Å²) >= 11 is 5.92. The van der Waals surface area contributed by atoms with Crippen molar-refractivity contribution >= 4 is 11.6 Å². The highest BCUT2D eigenvalue weighted by Crippen LogP contribution is 2.24. The molecular weight excluding hydrogens is 170 g/mol. The van der Waals surface area contributed by atoms with Crippen molar-refractivity contribution in [3.8, 4) is 6.07 Å². The highest BCUT2D eigenvalue weighted by atomic mass is 35.5. The molecule has 1 aliphatic carbocycles. The first-order valence-corrected chi connectivity index (χ1v) is 4.17. The summed E-state index contributed by atoms with van der Waals surface area (Å²) in [7, 11) is 0. The van der Waals surface area contributed by atoms with Crippen molar-refractivity contribution in [3.05, 3.63) is 33.9 Å². The molecule has 1 aliphatic rings.